The third-order valence-electron chi connectivity index (χ3n) is 3.44. The summed E-state index contributed by atoms with van der Waals surface area (Å²) in [6, 6.07) is 9.93. The van der Waals surface area contributed by atoms with Gasteiger partial charge < -0.3 is 5.11 Å². The molecule has 0 aliphatic rings. The molecule has 1 N–H and O–H groups in total. The van der Waals surface area contributed by atoms with E-state index in [9.17, 15) is 9.90 Å². The van der Waals surface area contributed by atoms with E-state index in [4.69, 9.17) is 0 Å². The molecular formula is C15H14N4O2. The van der Waals surface area contributed by atoms with E-state index in [1.807, 2.05) is 37.3 Å². The van der Waals surface area contributed by atoms with Crippen LogP contribution in [-0.4, -0.2) is 30.7 Å². The Kier molecular flexibility index (Phi) is 3.13. The van der Waals surface area contributed by atoms with Crippen LogP contribution in [0.5, 0.6) is 0 Å². The Hall–Kier alpha value is -2.76. The van der Waals surface area contributed by atoms with E-state index in [0.29, 0.717) is 17.9 Å². The Morgan fingerprint density at radius 2 is 1.90 bits per heavy atom. The SMILES string of the molecule is Cc1nc(C)n2c(C(=O)O)nnc2c1Cc1ccccc1. The molecule has 0 saturated carbocycles. The standard InChI is InChI=1S/C15H14N4O2/c1-9-12(8-11-6-4-3-5-7-11)13-17-18-14(15(20)21)19(13)10(2)16-9/h3-7H,8H2,1-2H3,(H,20,21). The second kappa shape index (κ2) is 4.97. The van der Waals surface area contributed by atoms with Crippen LogP contribution >= 0.6 is 0 Å². The van der Waals surface area contributed by atoms with Crippen molar-refractivity contribution in [3.8, 4) is 0 Å². The number of carbonyl (C=O) groups is 1. The van der Waals surface area contributed by atoms with Crippen molar-refractivity contribution in [3.63, 3.8) is 0 Å². The lowest BCUT2D eigenvalue weighted by Crippen LogP contribution is -2.10. The summed E-state index contributed by atoms with van der Waals surface area (Å²) in [6.07, 6.45) is 0.640. The minimum atomic E-state index is -1.11. The van der Waals surface area contributed by atoms with Crippen molar-refractivity contribution in [3.05, 3.63) is 58.8 Å². The molecule has 6 heteroatoms. The number of benzene rings is 1. The van der Waals surface area contributed by atoms with Crippen molar-refractivity contribution in [1.29, 1.82) is 0 Å². The first-order chi connectivity index (χ1) is 10.1. The third kappa shape index (κ3) is 2.24. The maximum atomic E-state index is 11.2. The number of rotatable bonds is 3. The number of fused-ring (bicyclic) bond motifs is 1. The fourth-order valence-electron chi connectivity index (χ4n) is 2.45. The molecule has 21 heavy (non-hydrogen) atoms. The van der Waals surface area contributed by atoms with E-state index < -0.39 is 5.97 Å². The van der Waals surface area contributed by atoms with E-state index in [1.165, 1.54) is 4.40 Å². The van der Waals surface area contributed by atoms with Crippen LogP contribution in [0.15, 0.2) is 30.3 Å². The Labute approximate surface area is 121 Å². The van der Waals surface area contributed by atoms with Crippen molar-refractivity contribution in [1.82, 2.24) is 19.6 Å². The molecule has 1 aromatic carbocycles. The molecule has 0 spiro atoms. The van der Waals surface area contributed by atoms with Crippen LogP contribution in [0, 0.1) is 13.8 Å². The predicted molar refractivity (Wildman–Crippen MR) is 76.5 cm³/mol. The number of carboxylic acid groups (broad SMARTS) is 1. The third-order valence-corrected chi connectivity index (χ3v) is 3.44. The van der Waals surface area contributed by atoms with Crippen LogP contribution < -0.4 is 0 Å². The zero-order chi connectivity index (χ0) is 15.0. The van der Waals surface area contributed by atoms with E-state index in [-0.39, 0.29) is 5.82 Å². The van der Waals surface area contributed by atoms with Crippen molar-refractivity contribution < 1.29 is 9.90 Å². The van der Waals surface area contributed by atoms with Gasteiger partial charge in [0, 0.05) is 17.7 Å². The monoisotopic (exact) mass is 282 g/mol. The van der Waals surface area contributed by atoms with Gasteiger partial charge in [0.15, 0.2) is 5.65 Å². The molecule has 0 unspecified atom stereocenters. The van der Waals surface area contributed by atoms with Crippen molar-refractivity contribution >= 4 is 11.6 Å². The van der Waals surface area contributed by atoms with Gasteiger partial charge in [0.2, 0.25) is 5.82 Å². The second-order valence-electron chi connectivity index (χ2n) is 4.87. The second-order valence-corrected chi connectivity index (χ2v) is 4.87. The van der Waals surface area contributed by atoms with E-state index >= 15 is 0 Å². The zero-order valence-corrected chi connectivity index (χ0v) is 11.7. The highest BCUT2D eigenvalue weighted by Gasteiger charge is 2.19. The lowest BCUT2D eigenvalue weighted by molar-refractivity contribution is 0.0681. The minimum absolute atomic E-state index is 0.107. The molecular weight excluding hydrogens is 268 g/mol. The molecule has 0 aliphatic heterocycles. The molecule has 106 valence electrons. The van der Waals surface area contributed by atoms with Crippen LogP contribution in [0.4, 0.5) is 0 Å². The number of aromatic carboxylic acids is 1. The van der Waals surface area contributed by atoms with Gasteiger partial charge >= 0.3 is 5.97 Å². The molecule has 0 aliphatic carbocycles. The van der Waals surface area contributed by atoms with Gasteiger partial charge in [-0.25, -0.2) is 9.78 Å². The summed E-state index contributed by atoms with van der Waals surface area (Å²) < 4.78 is 1.49. The fraction of sp³-hybridized carbons (Fsp3) is 0.200. The molecule has 2 aromatic heterocycles. The number of aromatic nitrogens is 4. The summed E-state index contributed by atoms with van der Waals surface area (Å²) in [5.41, 5.74) is 3.41. The van der Waals surface area contributed by atoms with Crippen LogP contribution in [0.1, 0.15) is 33.3 Å². The number of carboxylic acids is 1. The normalized spacial score (nSPS) is 11.0. The Morgan fingerprint density at radius 3 is 2.57 bits per heavy atom. The van der Waals surface area contributed by atoms with Gasteiger partial charge in [-0.1, -0.05) is 30.3 Å². The van der Waals surface area contributed by atoms with Gasteiger partial charge in [0.25, 0.3) is 0 Å². The van der Waals surface area contributed by atoms with Gasteiger partial charge in [0.1, 0.15) is 5.82 Å². The van der Waals surface area contributed by atoms with Crippen molar-refractivity contribution in [2.45, 2.75) is 20.3 Å². The molecule has 0 radical (unpaired) electrons. The zero-order valence-electron chi connectivity index (χ0n) is 11.7. The summed E-state index contributed by atoms with van der Waals surface area (Å²) in [7, 11) is 0. The summed E-state index contributed by atoms with van der Waals surface area (Å²) in [5, 5.41) is 17.0. The van der Waals surface area contributed by atoms with Gasteiger partial charge in [-0.2, -0.15) is 0 Å². The van der Waals surface area contributed by atoms with Gasteiger partial charge in [-0.15, -0.1) is 10.2 Å². The molecule has 3 rings (SSSR count). The van der Waals surface area contributed by atoms with Crippen LogP contribution in [0.3, 0.4) is 0 Å². The van der Waals surface area contributed by atoms with E-state index in [0.717, 1.165) is 16.8 Å². The smallest absolute Gasteiger partial charge is 0.374 e. The van der Waals surface area contributed by atoms with Crippen LogP contribution in [-0.2, 0) is 6.42 Å². The molecule has 0 bridgehead atoms. The Balaban J connectivity index is 2.21. The highest BCUT2D eigenvalue weighted by molar-refractivity contribution is 5.84. The van der Waals surface area contributed by atoms with Gasteiger partial charge in [-0.3, -0.25) is 4.40 Å². The predicted octanol–water partition coefficient (Wildman–Crippen LogP) is 2.03. The first kappa shape index (κ1) is 13.2. The van der Waals surface area contributed by atoms with Crippen molar-refractivity contribution in [2.24, 2.45) is 0 Å². The van der Waals surface area contributed by atoms with Crippen LogP contribution in [0.25, 0.3) is 5.65 Å². The fourth-order valence-corrected chi connectivity index (χ4v) is 2.45. The molecule has 3 aromatic rings. The largest absolute Gasteiger partial charge is 0.475 e. The number of hydrogen-bond donors (Lipinski definition) is 1. The van der Waals surface area contributed by atoms with Gasteiger partial charge in [-0.05, 0) is 19.4 Å². The highest BCUT2D eigenvalue weighted by Crippen LogP contribution is 2.19. The topological polar surface area (TPSA) is 80.4 Å². The first-order valence-corrected chi connectivity index (χ1v) is 6.56. The van der Waals surface area contributed by atoms with Gasteiger partial charge in [0.05, 0.1) is 0 Å². The average molecular weight is 282 g/mol. The average Bonchev–Trinajstić information content (AvgIpc) is 2.90. The minimum Gasteiger partial charge on any atom is -0.475 e. The summed E-state index contributed by atoms with van der Waals surface area (Å²) >= 11 is 0. The number of hydrogen-bond acceptors (Lipinski definition) is 4. The molecule has 0 fully saturated rings. The summed E-state index contributed by atoms with van der Waals surface area (Å²) in [5.74, 6) is -0.645. The Morgan fingerprint density at radius 1 is 1.19 bits per heavy atom. The van der Waals surface area contributed by atoms with Crippen molar-refractivity contribution in [2.75, 3.05) is 0 Å². The number of aryl methyl sites for hydroxylation is 2. The summed E-state index contributed by atoms with van der Waals surface area (Å²) in [4.78, 5) is 15.7. The highest BCUT2D eigenvalue weighted by atomic mass is 16.4. The number of nitrogens with zero attached hydrogens (tertiary/aromatic N) is 4. The quantitative estimate of drug-likeness (QED) is 0.795. The molecule has 2 heterocycles. The van der Waals surface area contributed by atoms with E-state index in [2.05, 4.69) is 15.2 Å². The molecule has 6 nitrogen and oxygen atoms in total. The first-order valence-electron chi connectivity index (χ1n) is 6.56. The summed E-state index contributed by atoms with van der Waals surface area (Å²) in [6.45, 7) is 3.66. The molecule has 0 atom stereocenters. The molecule has 0 saturated heterocycles. The maximum Gasteiger partial charge on any atom is 0.374 e. The Bertz CT molecular complexity index is 825. The lowest BCUT2D eigenvalue weighted by Gasteiger charge is -2.09. The van der Waals surface area contributed by atoms with Crippen LogP contribution in [0.2, 0.25) is 0 Å². The van der Waals surface area contributed by atoms with E-state index in [1.54, 1.807) is 6.92 Å². The maximum absolute atomic E-state index is 11.2. The molecule has 0 amide bonds. The lowest BCUT2D eigenvalue weighted by atomic mass is 10.0.